The molecule has 1 aliphatic rings. The fraction of sp³-hybridized carbons (Fsp3) is 0.500. The zero-order valence-electron chi connectivity index (χ0n) is 11.6. The summed E-state index contributed by atoms with van der Waals surface area (Å²) in [5, 5.41) is 2.78. The van der Waals surface area contributed by atoms with E-state index < -0.39 is 12.0 Å². The first-order valence-electron chi connectivity index (χ1n) is 6.57. The molecule has 0 radical (unpaired) electrons. The maximum absolute atomic E-state index is 12.2. The molecule has 0 bridgehead atoms. The smallest absolute Gasteiger partial charge is 0.387 e. The number of benzene rings is 1. The van der Waals surface area contributed by atoms with Crippen molar-refractivity contribution in [2.75, 3.05) is 13.2 Å². The number of hydrogen-bond donors (Lipinski definition) is 2. The minimum atomic E-state index is -2.85. The molecule has 1 aromatic rings. The van der Waals surface area contributed by atoms with Crippen molar-refractivity contribution in [2.45, 2.75) is 26.1 Å². The number of nitrogens with two attached hydrogens (primary N) is 1. The Bertz CT molecular complexity index is 495. The van der Waals surface area contributed by atoms with Crippen LogP contribution in [0.4, 0.5) is 8.78 Å². The summed E-state index contributed by atoms with van der Waals surface area (Å²) in [5.74, 6) is -0.0985. The third-order valence-corrected chi connectivity index (χ3v) is 3.64. The summed E-state index contributed by atoms with van der Waals surface area (Å²) in [6.07, 6.45) is 0. The lowest BCUT2D eigenvalue weighted by Crippen LogP contribution is -2.49. The van der Waals surface area contributed by atoms with E-state index in [1.807, 2.05) is 0 Å². The number of alkyl halides is 2. The van der Waals surface area contributed by atoms with E-state index >= 15 is 0 Å². The van der Waals surface area contributed by atoms with Gasteiger partial charge in [0.25, 0.3) is 0 Å². The maximum atomic E-state index is 12.2. The second kappa shape index (κ2) is 6.36. The molecular formula is C14H18F2N2O3. The monoisotopic (exact) mass is 300 g/mol. The minimum absolute atomic E-state index is 0.0817. The maximum Gasteiger partial charge on any atom is 0.387 e. The summed E-state index contributed by atoms with van der Waals surface area (Å²) < 4.78 is 33.5. The number of hydrogen-bond acceptors (Lipinski definition) is 4. The zero-order chi connectivity index (χ0) is 15.5. The molecule has 5 nitrogen and oxygen atoms in total. The number of ether oxygens (including phenoxy) is 2. The summed E-state index contributed by atoms with van der Waals surface area (Å²) in [4.78, 5) is 12.2. The molecule has 7 heteroatoms. The van der Waals surface area contributed by atoms with Crippen LogP contribution in [-0.4, -0.2) is 31.8 Å². The molecule has 2 atom stereocenters. The van der Waals surface area contributed by atoms with E-state index in [9.17, 15) is 13.6 Å². The van der Waals surface area contributed by atoms with Gasteiger partial charge in [-0.25, -0.2) is 0 Å². The van der Waals surface area contributed by atoms with Gasteiger partial charge < -0.3 is 20.5 Å². The lowest BCUT2D eigenvalue weighted by molar-refractivity contribution is -0.130. The summed E-state index contributed by atoms with van der Waals surface area (Å²) in [6, 6.07) is 5.76. The van der Waals surface area contributed by atoms with Crippen molar-refractivity contribution in [3.8, 4) is 5.75 Å². The van der Waals surface area contributed by atoms with E-state index in [-0.39, 0.29) is 24.2 Å². The number of amides is 1. The van der Waals surface area contributed by atoms with Crippen LogP contribution in [0.25, 0.3) is 0 Å². The van der Waals surface area contributed by atoms with E-state index in [2.05, 4.69) is 10.1 Å². The number of rotatable bonds is 5. The van der Waals surface area contributed by atoms with E-state index in [0.717, 1.165) is 5.56 Å². The Morgan fingerprint density at radius 2 is 2.19 bits per heavy atom. The summed E-state index contributed by atoms with van der Waals surface area (Å²) in [5.41, 5.74) is 5.92. The van der Waals surface area contributed by atoms with Gasteiger partial charge in [0.1, 0.15) is 5.75 Å². The second-order valence-electron chi connectivity index (χ2n) is 5.24. The Kier molecular flexibility index (Phi) is 4.74. The lowest BCUT2D eigenvalue weighted by atomic mass is 9.85. The lowest BCUT2D eigenvalue weighted by Gasteiger charge is -2.25. The van der Waals surface area contributed by atoms with E-state index in [1.54, 1.807) is 19.1 Å². The Hall–Kier alpha value is -1.73. The molecule has 1 amide bonds. The van der Waals surface area contributed by atoms with Gasteiger partial charge in [-0.05, 0) is 24.6 Å². The summed E-state index contributed by atoms with van der Waals surface area (Å²) >= 11 is 0. The average Bonchev–Trinajstić information content (AvgIpc) is 2.78. The molecule has 116 valence electrons. The normalized spacial score (nSPS) is 25.1. The van der Waals surface area contributed by atoms with Crippen LogP contribution in [0.15, 0.2) is 24.3 Å². The van der Waals surface area contributed by atoms with Crippen molar-refractivity contribution < 1.29 is 23.0 Å². The molecule has 1 saturated heterocycles. The predicted octanol–water partition coefficient (Wildman–Crippen LogP) is 1.27. The highest BCUT2D eigenvalue weighted by atomic mass is 19.3. The Morgan fingerprint density at radius 1 is 1.52 bits per heavy atom. The van der Waals surface area contributed by atoms with E-state index in [4.69, 9.17) is 10.5 Å². The number of carbonyl (C=O) groups is 1. The molecule has 3 N–H and O–H groups in total. The minimum Gasteiger partial charge on any atom is -0.435 e. The Balaban J connectivity index is 1.89. The quantitative estimate of drug-likeness (QED) is 0.859. The molecule has 0 aliphatic carbocycles. The Labute approximate surface area is 121 Å². The third-order valence-electron chi connectivity index (χ3n) is 3.64. The van der Waals surface area contributed by atoms with Crippen LogP contribution in [0.3, 0.4) is 0 Å². The largest absolute Gasteiger partial charge is 0.435 e. The van der Waals surface area contributed by atoms with Crippen molar-refractivity contribution in [3.05, 3.63) is 29.8 Å². The van der Waals surface area contributed by atoms with Gasteiger partial charge in [0, 0.05) is 12.6 Å². The van der Waals surface area contributed by atoms with Crippen LogP contribution in [0.1, 0.15) is 12.5 Å². The molecular weight excluding hydrogens is 282 g/mol. The molecule has 2 unspecified atom stereocenters. The number of nitrogens with one attached hydrogen (secondary N) is 1. The highest BCUT2D eigenvalue weighted by molar-refractivity contribution is 5.83. The Morgan fingerprint density at radius 3 is 2.71 bits per heavy atom. The van der Waals surface area contributed by atoms with Crippen molar-refractivity contribution >= 4 is 5.91 Å². The van der Waals surface area contributed by atoms with Crippen LogP contribution in [-0.2, 0) is 16.1 Å². The van der Waals surface area contributed by atoms with Gasteiger partial charge in [0.05, 0.1) is 18.6 Å². The van der Waals surface area contributed by atoms with Crippen LogP contribution >= 0.6 is 0 Å². The summed E-state index contributed by atoms with van der Waals surface area (Å²) in [7, 11) is 0. The van der Waals surface area contributed by atoms with Gasteiger partial charge in [-0.3, -0.25) is 4.79 Å². The second-order valence-corrected chi connectivity index (χ2v) is 5.24. The summed E-state index contributed by atoms with van der Waals surface area (Å²) in [6.45, 7) is -0.139. The van der Waals surface area contributed by atoms with Crippen LogP contribution < -0.4 is 15.8 Å². The van der Waals surface area contributed by atoms with Gasteiger partial charge in [-0.2, -0.15) is 8.78 Å². The highest BCUT2D eigenvalue weighted by Gasteiger charge is 2.44. The number of halogens is 2. The zero-order valence-corrected chi connectivity index (χ0v) is 11.6. The van der Waals surface area contributed by atoms with Crippen LogP contribution in [0.5, 0.6) is 5.75 Å². The number of carbonyl (C=O) groups excluding carboxylic acids is 1. The molecule has 1 fully saturated rings. The van der Waals surface area contributed by atoms with E-state index in [0.29, 0.717) is 13.2 Å². The van der Waals surface area contributed by atoms with E-state index in [1.165, 1.54) is 12.1 Å². The van der Waals surface area contributed by atoms with Crippen LogP contribution in [0, 0.1) is 5.41 Å². The van der Waals surface area contributed by atoms with Crippen molar-refractivity contribution in [1.29, 1.82) is 0 Å². The molecule has 0 saturated carbocycles. The topological polar surface area (TPSA) is 73.6 Å². The molecule has 0 spiro atoms. The molecule has 1 aliphatic heterocycles. The standard InChI is InChI=1S/C14H18F2N2O3/c1-14(8-20-7-11(14)17)12(19)18-6-9-2-4-10(5-3-9)21-13(15)16/h2-5,11,13H,6-8,17H2,1H3,(H,18,19). The fourth-order valence-electron chi connectivity index (χ4n) is 2.10. The van der Waals surface area contributed by atoms with Gasteiger partial charge in [-0.15, -0.1) is 0 Å². The molecule has 1 aromatic carbocycles. The third kappa shape index (κ3) is 3.68. The molecule has 0 aromatic heterocycles. The molecule has 2 rings (SSSR count). The highest BCUT2D eigenvalue weighted by Crippen LogP contribution is 2.27. The first kappa shape index (κ1) is 15.7. The molecule has 21 heavy (non-hydrogen) atoms. The fourth-order valence-corrected chi connectivity index (χ4v) is 2.10. The van der Waals surface area contributed by atoms with Crippen molar-refractivity contribution in [1.82, 2.24) is 5.32 Å². The van der Waals surface area contributed by atoms with Gasteiger partial charge in [-0.1, -0.05) is 12.1 Å². The van der Waals surface area contributed by atoms with Gasteiger partial charge in [0.2, 0.25) is 5.91 Å². The van der Waals surface area contributed by atoms with Crippen molar-refractivity contribution in [3.63, 3.8) is 0 Å². The van der Waals surface area contributed by atoms with Crippen LogP contribution in [0.2, 0.25) is 0 Å². The SMILES string of the molecule is CC1(C(=O)NCc2ccc(OC(F)F)cc2)COCC1N. The van der Waals surface area contributed by atoms with Gasteiger partial charge >= 0.3 is 6.61 Å². The average molecular weight is 300 g/mol. The predicted molar refractivity (Wildman–Crippen MR) is 71.8 cm³/mol. The first-order chi connectivity index (χ1) is 9.91. The van der Waals surface area contributed by atoms with Gasteiger partial charge in [0.15, 0.2) is 0 Å². The molecule has 1 heterocycles. The first-order valence-corrected chi connectivity index (χ1v) is 6.57. The van der Waals surface area contributed by atoms with Crippen molar-refractivity contribution in [2.24, 2.45) is 11.1 Å².